The predicted molar refractivity (Wildman–Crippen MR) is 101 cm³/mol. The molecule has 1 aromatic rings. The predicted octanol–water partition coefficient (Wildman–Crippen LogP) is 3.61. The first-order valence-corrected chi connectivity index (χ1v) is 8.10. The van der Waals surface area contributed by atoms with E-state index in [1.165, 1.54) is 0 Å². The second kappa shape index (κ2) is 11.0. The monoisotopic (exact) mass is 436 g/mol. The molecule has 1 saturated heterocycles. The largest absolute Gasteiger partial charge is 0.417 e. The van der Waals surface area contributed by atoms with Crippen molar-refractivity contribution in [1.29, 1.82) is 0 Å². The minimum absolute atomic E-state index is 0. The van der Waals surface area contributed by atoms with Gasteiger partial charge in [0.1, 0.15) is 5.82 Å². The number of carbonyl (C=O) groups excluding carboxylic acids is 1. The van der Waals surface area contributed by atoms with E-state index in [-0.39, 0.29) is 54.5 Å². The highest BCUT2D eigenvalue weighted by Crippen LogP contribution is 2.32. The van der Waals surface area contributed by atoms with E-state index in [2.05, 4.69) is 15.6 Å². The fourth-order valence-corrected chi connectivity index (χ4v) is 2.84. The number of hydrogen-bond donors (Lipinski definition) is 2. The Morgan fingerprint density at radius 3 is 2.69 bits per heavy atom. The molecule has 1 aliphatic rings. The quantitative estimate of drug-likeness (QED) is 0.739. The number of likely N-dealkylation sites (tertiary alicyclic amines) is 1. The molecule has 2 N–H and O–H groups in total. The molecule has 0 aromatic carbocycles. The van der Waals surface area contributed by atoms with Crippen LogP contribution >= 0.6 is 36.4 Å². The molecule has 5 nitrogen and oxygen atoms in total. The highest BCUT2D eigenvalue weighted by Gasteiger charge is 2.31. The maximum absolute atomic E-state index is 12.5. The molecule has 2 rings (SSSR count). The van der Waals surface area contributed by atoms with Crippen molar-refractivity contribution in [2.45, 2.75) is 31.5 Å². The SMILES string of the molecule is CNC1CCCN(C(=O)CCNc2ncc(C(F)(F)F)cc2Cl)C1.Cl.Cl. The number of anilines is 1. The number of rotatable bonds is 5. The summed E-state index contributed by atoms with van der Waals surface area (Å²) in [6.45, 7) is 1.67. The summed E-state index contributed by atoms with van der Waals surface area (Å²) in [7, 11) is 1.87. The first kappa shape index (κ1) is 25.0. The summed E-state index contributed by atoms with van der Waals surface area (Å²) < 4.78 is 37.6. The highest BCUT2D eigenvalue weighted by molar-refractivity contribution is 6.32. The Balaban J connectivity index is 0.00000312. The zero-order valence-electron chi connectivity index (χ0n) is 14.1. The van der Waals surface area contributed by atoms with Crippen molar-refractivity contribution in [2.75, 3.05) is 32.0 Å². The second-order valence-electron chi connectivity index (χ2n) is 5.70. The molecule has 1 aromatic heterocycles. The van der Waals surface area contributed by atoms with Crippen LogP contribution in [0.2, 0.25) is 5.02 Å². The number of aromatic nitrogens is 1. The van der Waals surface area contributed by atoms with Gasteiger partial charge in [0, 0.05) is 38.3 Å². The van der Waals surface area contributed by atoms with Gasteiger partial charge in [-0.2, -0.15) is 13.2 Å². The van der Waals surface area contributed by atoms with E-state index in [0.29, 0.717) is 12.6 Å². The van der Waals surface area contributed by atoms with Crippen molar-refractivity contribution in [3.8, 4) is 0 Å². The fraction of sp³-hybridized carbons (Fsp3) is 0.600. The van der Waals surface area contributed by atoms with Gasteiger partial charge in [0.05, 0.1) is 10.6 Å². The molecular weight excluding hydrogens is 416 g/mol. The fourth-order valence-electron chi connectivity index (χ4n) is 2.61. The average molecular weight is 438 g/mol. The van der Waals surface area contributed by atoms with Gasteiger partial charge in [0.2, 0.25) is 5.91 Å². The molecule has 1 unspecified atom stereocenters. The maximum Gasteiger partial charge on any atom is 0.417 e. The topological polar surface area (TPSA) is 57.3 Å². The van der Waals surface area contributed by atoms with E-state index in [1.54, 1.807) is 4.90 Å². The molecular formula is C15H22Cl3F3N4O. The van der Waals surface area contributed by atoms with Gasteiger partial charge < -0.3 is 15.5 Å². The van der Waals surface area contributed by atoms with Gasteiger partial charge in [-0.25, -0.2) is 4.98 Å². The number of halogens is 6. The Labute approximate surface area is 167 Å². The smallest absolute Gasteiger partial charge is 0.368 e. The van der Waals surface area contributed by atoms with Gasteiger partial charge in [-0.1, -0.05) is 11.6 Å². The lowest BCUT2D eigenvalue weighted by atomic mass is 10.1. The molecule has 11 heteroatoms. The molecule has 0 spiro atoms. The van der Waals surface area contributed by atoms with Crippen LogP contribution < -0.4 is 10.6 Å². The normalized spacial score (nSPS) is 17.1. The molecule has 0 radical (unpaired) electrons. The summed E-state index contributed by atoms with van der Waals surface area (Å²) in [5, 5.41) is 5.86. The van der Waals surface area contributed by atoms with Crippen molar-refractivity contribution < 1.29 is 18.0 Å². The van der Waals surface area contributed by atoms with Crippen LogP contribution in [0.25, 0.3) is 0 Å². The third kappa shape index (κ3) is 6.98. The second-order valence-corrected chi connectivity index (χ2v) is 6.10. The van der Waals surface area contributed by atoms with Crippen molar-refractivity contribution in [2.24, 2.45) is 0 Å². The summed E-state index contributed by atoms with van der Waals surface area (Å²) in [4.78, 5) is 17.7. The van der Waals surface area contributed by atoms with Crippen LogP contribution in [-0.4, -0.2) is 48.5 Å². The molecule has 150 valence electrons. The minimum atomic E-state index is -4.48. The molecule has 1 amide bonds. The van der Waals surface area contributed by atoms with E-state index in [9.17, 15) is 18.0 Å². The molecule has 2 heterocycles. The third-order valence-electron chi connectivity index (χ3n) is 3.98. The Morgan fingerprint density at radius 2 is 2.12 bits per heavy atom. The van der Waals surface area contributed by atoms with E-state index in [4.69, 9.17) is 11.6 Å². The molecule has 0 aliphatic carbocycles. The number of hydrogen-bond acceptors (Lipinski definition) is 4. The van der Waals surface area contributed by atoms with Gasteiger partial charge in [-0.15, -0.1) is 24.8 Å². The van der Waals surface area contributed by atoms with Gasteiger partial charge >= 0.3 is 6.18 Å². The Hall–Kier alpha value is -0.960. The van der Waals surface area contributed by atoms with E-state index < -0.39 is 11.7 Å². The van der Waals surface area contributed by atoms with Gasteiger partial charge in [0.25, 0.3) is 0 Å². The molecule has 26 heavy (non-hydrogen) atoms. The number of piperidine rings is 1. The van der Waals surface area contributed by atoms with Gasteiger partial charge in [-0.05, 0) is 26.0 Å². The minimum Gasteiger partial charge on any atom is -0.368 e. The van der Waals surface area contributed by atoms with Crippen LogP contribution in [0.15, 0.2) is 12.3 Å². The van der Waals surface area contributed by atoms with Crippen LogP contribution in [0.4, 0.5) is 19.0 Å². The Morgan fingerprint density at radius 1 is 1.42 bits per heavy atom. The van der Waals surface area contributed by atoms with Gasteiger partial charge in [-0.3, -0.25) is 4.79 Å². The average Bonchev–Trinajstić information content (AvgIpc) is 2.55. The summed E-state index contributed by atoms with van der Waals surface area (Å²) in [5.74, 6) is 0.148. The lowest BCUT2D eigenvalue weighted by Gasteiger charge is -2.32. The molecule has 1 aliphatic heterocycles. The number of nitrogens with one attached hydrogen (secondary N) is 2. The van der Waals surface area contributed by atoms with Crippen LogP contribution in [0, 0.1) is 0 Å². The highest BCUT2D eigenvalue weighted by atomic mass is 35.5. The number of amides is 1. The molecule has 0 bridgehead atoms. The van der Waals surface area contributed by atoms with Gasteiger partial charge in [0.15, 0.2) is 0 Å². The van der Waals surface area contributed by atoms with E-state index in [0.717, 1.165) is 31.6 Å². The van der Waals surface area contributed by atoms with Crippen molar-refractivity contribution in [1.82, 2.24) is 15.2 Å². The molecule has 0 saturated carbocycles. The molecule has 1 fully saturated rings. The maximum atomic E-state index is 12.5. The third-order valence-corrected chi connectivity index (χ3v) is 4.27. The van der Waals surface area contributed by atoms with E-state index >= 15 is 0 Å². The number of likely N-dealkylation sites (N-methyl/N-ethyl adjacent to an activating group) is 1. The van der Waals surface area contributed by atoms with Crippen LogP contribution in [0.5, 0.6) is 0 Å². The lowest BCUT2D eigenvalue weighted by Crippen LogP contribution is -2.47. The van der Waals surface area contributed by atoms with Crippen molar-refractivity contribution >= 4 is 48.1 Å². The number of alkyl halides is 3. The number of pyridine rings is 1. The number of nitrogens with zero attached hydrogens (tertiary/aromatic N) is 2. The molecule has 1 atom stereocenters. The zero-order valence-corrected chi connectivity index (χ0v) is 16.5. The van der Waals surface area contributed by atoms with Crippen molar-refractivity contribution in [3.05, 3.63) is 22.8 Å². The summed E-state index contributed by atoms with van der Waals surface area (Å²) in [5.41, 5.74) is -0.902. The van der Waals surface area contributed by atoms with Crippen LogP contribution in [0.1, 0.15) is 24.8 Å². The Kier molecular flexibility index (Phi) is 10.6. The van der Waals surface area contributed by atoms with Crippen molar-refractivity contribution in [3.63, 3.8) is 0 Å². The summed E-state index contributed by atoms with van der Waals surface area (Å²) in [6, 6.07) is 1.13. The number of carbonyl (C=O) groups is 1. The first-order valence-electron chi connectivity index (χ1n) is 7.73. The lowest BCUT2D eigenvalue weighted by molar-refractivity contribution is -0.137. The van der Waals surface area contributed by atoms with E-state index in [1.807, 2.05) is 7.05 Å². The summed E-state index contributed by atoms with van der Waals surface area (Å²) >= 11 is 5.81. The summed E-state index contributed by atoms with van der Waals surface area (Å²) in [6.07, 6.45) is -1.53. The van der Waals surface area contributed by atoms with Crippen LogP contribution in [0.3, 0.4) is 0 Å². The van der Waals surface area contributed by atoms with Crippen LogP contribution in [-0.2, 0) is 11.0 Å². The Bertz CT molecular complexity index is 590. The zero-order chi connectivity index (χ0) is 17.7. The first-order chi connectivity index (χ1) is 11.3. The standard InChI is InChI=1S/C15H20ClF3N4O.2ClH/c1-20-11-3-2-6-23(9-11)13(24)4-5-21-14-12(16)7-10(8-22-14)15(17,18)19;;/h7-8,11,20H,2-6,9H2,1H3,(H,21,22);2*1H.